The highest BCUT2D eigenvalue weighted by Gasteiger charge is 2.40. The number of rotatable bonds is 4. The maximum absolute atomic E-state index is 13.3. The molecule has 0 aliphatic heterocycles. The third-order valence-corrected chi connectivity index (χ3v) is 4.98. The number of fused-ring (bicyclic) bond motifs is 1. The quantitative estimate of drug-likeness (QED) is 0.408. The van der Waals surface area contributed by atoms with Crippen LogP contribution in [0.2, 0.25) is 10.0 Å². The maximum atomic E-state index is 13.3. The molecular weight excluding hydrogens is 436 g/mol. The van der Waals surface area contributed by atoms with Gasteiger partial charge in [-0.2, -0.15) is 13.2 Å². The van der Waals surface area contributed by atoms with Crippen molar-refractivity contribution in [2.75, 3.05) is 6.61 Å². The third-order valence-electron chi connectivity index (χ3n) is 3.20. The topological polar surface area (TPSA) is 44.1 Å². The Bertz CT molecular complexity index is 778. The van der Waals surface area contributed by atoms with E-state index in [0.717, 1.165) is 18.9 Å². The molecule has 0 atom stereocenters. The molecule has 0 saturated carbocycles. The molecule has 1 heterocycles. The number of alkyl halides is 3. The minimum absolute atomic E-state index is 0.00954. The van der Waals surface area contributed by atoms with Gasteiger partial charge < -0.3 is 4.74 Å². The summed E-state index contributed by atoms with van der Waals surface area (Å²) in [4.78, 5) is 15.7. The molecule has 10 heteroatoms. The normalized spacial score (nSPS) is 12.0. The fraction of sp³-hybridized carbons (Fsp3) is 0.429. The largest absolute Gasteiger partial charge is 0.450 e. The van der Waals surface area contributed by atoms with Crippen LogP contribution in [-0.4, -0.2) is 22.3 Å². The predicted molar refractivity (Wildman–Crippen MR) is 88.7 cm³/mol. The van der Waals surface area contributed by atoms with Crippen LogP contribution in [0.15, 0.2) is 10.5 Å². The van der Waals surface area contributed by atoms with Crippen LogP contribution in [0.1, 0.15) is 32.0 Å². The predicted octanol–water partition coefficient (Wildman–Crippen LogP) is 6.30. The van der Waals surface area contributed by atoms with E-state index in [1.807, 2.05) is 6.92 Å². The molecule has 0 saturated heterocycles. The van der Waals surface area contributed by atoms with Gasteiger partial charge >= 0.3 is 12.3 Å². The minimum atomic E-state index is -4.85. The van der Waals surface area contributed by atoms with Gasteiger partial charge in [-0.15, -0.1) is 0 Å². The van der Waals surface area contributed by atoms with E-state index in [2.05, 4.69) is 20.9 Å². The average Bonchev–Trinajstić information content (AvgIpc) is 2.89. The molecule has 0 aliphatic carbocycles. The van der Waals surface area contributed by atoms with Gasteiger partial charge in [-0.3, -0.25) is 0 Å². The van der Waals surface area contributed by atoms with Gasteiger partial charge in [0.1, 0.15) is 5.52 Å². The van der Waals surface area contributed by atoms with Crippen molar-refractivity contribution in [2.24, 2.45) is 0 Å². The first-order chi connectivity index (χ1) is 11.2. The molecule has 0 aliphatic rings. The molecule has 1 aromatic heterocycles. The summed E-state index contributed by atoms with van der Waals surface area (Å²) in [6, 6.07) is 1.15. The molecular formula is C14H12BrCl2F3N2O2. The SMILES string of the molecule is CCCCCOC(=O)n1c(C(F)(F)F)nc2c(Br)c(Cl)c(Cl)cc21. The van der Waals surface area contributed by atoms with Crippen molar-refractivity contribution < 1.29 is 22.7 Å². The lowest BCUT2D eigenvalue weighted by atomic mass is 10.3. The van der Waals surface area contributed by atoms with Crippen molar-refractivity contribution >= 4 is 56.3 Å². The molecule has 0 spiro atoms. The Morgan fingerprint density at radius 3 is 2.62 bits per heavy atom. The minimum Gasteiger partial charge on any atom is -0.449 e. The molecule has 2 rings (SSSR count). The van der Waals surface area contributed by atoms with Crippen LogP contribution >= 0.6 is 39.1 Å². The number of imidazole rings is 1. The van der Waals surface area contributed by atoms with Crippen LogP contribution in [0.25, 0.3) is 11.0 Å². The smallest absolute Gasteiger partial charge is 0.449 e. The number of hydrogen-bond acceptors (Lipinski definition) is 3. The second-order valence-electron chi connectivity index (χ2n) is 4.94. The Balaban J connectivity index is 2.55. The third kappa shape index (κ3) is 3.81. The number of halogens is 6. The molecule has 0 amide bonds. The number of ether oxygens (including phenoxy) is 1. The van der Waals surface area contributed by atoms with Crippen molar-refractivity contribution in [1.82, 2.24) is 9.55 Å². The second kappa shape index (κ2) is 7.49. The second-order valence-corrected chi connectivity index (χ2v) is 6.52. The highest BCUT2D eigenvalue weighted by atomic mass is 79.9. The van der Waals surface area contributed by atoms with Gasteiger partial charge in [0.25, 0.3) is 0 Å². The van der Waals surface area contributed by atoms with Crippen molar-refractivity contribution in [3.8, 4) is 0 Å². The Morgan fingerprint density at radius 1 is 1.38 bits per heavy atom. The molecule has 0 bridgehead atoms. The van der Waals surface area contributed by atoms with Gasteiger partial charge in [0.15, 0.2) is 0 Å². The lowest BCUT2D eigenvalue weighted by Crippen LogP contribution is -2.22. The van der Waals surface area contributed by atoms with E-state index in [-0.39, 0.29) is 32.2 Å². The molecule has 0 radical (unpaired) electrons. The Hall–Kier alpha value is -0.990. The number of benzene rings is 1. The van der Waals surface area contributed by atoms with Crippen LogP contribution < -0.4 is 0 Å². The number of unbranched alkanes of at least 4 members (excludes halogenated alkanes) is 2. The van der Waals surface area contributed by atoms with Crippen LogP contribution in [0.4, 0.5) is 18.0 Å². The summed E-state index contributed by atoms with van der Waals surface area (Å²) in [7, 11) is 0. The van der Waals surface area contributed by atoms with E-state index in [0.29, 0.717) is 11.0 Å². The van der Waals surface area contributed by atoms with E-state index < -0.39 is 18.1 Å². The van der Waals surface area contributed by atoms with E-state index in [1.165, 1.54) is 0 Å². The highest BCUT2D eigenvalue weighted by Crippen LogP contribution is 2.40. The molecule has 132 valence electrons. The summed E-state index contributed by atoms with van der Waals surface area (Å²) in [5.41, 5.74) is -0.258. The standard InChI is InChI=1S/C14H12BrCl2F3N2O2/c1-2-3-4-5-24-13(23)22-8-6-7(16)10(17)9(15)11(8)21-12(22)14(18,19)20/h6H,2-5H2,1H3. The average molecular weight is 448 g/mol. The molecule has 1 aromatic carbocycles. The monoisotopic (exact) mass is 446 g/mol. The van der Waals surface area contributed by atoms with E-state index in [9.17, 15) is 18.0 Å². The van der Waals surface area contributed by atoms with Gasteiger partial charge in [-0.05, 0) is 28.4 Å². The number of hydrogen-bond donors (Lipinski definition) is 0. The van der Waals surface area contributed by atoms with Crippen LogP contribution in [-0.2, 0) is 10.9 Å². The van der Waals surface area contributed by atoms with Crippen molar-refractivity contribution in [1.29, 1.82) is 0 Å². The first-order valence-electron chi connectivity index (χ1n) is 6.98. The summed E-state index contributed by atoms with van der Waals surface area (Å²) in [5.74, 6) is -1.39. The van der Waals surface area contributed by atoms with Crippen LogP contribution in [0.5, 0.6) is 0 Å². The summed E-state index contributed by atoms with van der Waals surface area (Å²) in [5, 5.41) is 0.00329. The van der Waals surface area contributed by atoms with E-state index in [1.54, 1.807) is 0 Å². The Labute approximate surface area is 154 Å². The van der Waals surface area contributed by atoms with Gasteiger partial charge in [-0.25, -0.2) is 14.3 Å². The molecule has 4 nitrogen and oxygen atoms in total. The molecule has 0 N–H and O–H groups in total. The fourth-order valence-electron chi connectivity index (χ4n) is 2.07. The Kier molecular flexibility index (Phi) is 6.04. The Morgan fingerprint density at radius 2 is 2.04 bits per heavy atom. The zero-order chi connectivity index (χ0) is 18.1. The first kappa shape index (κ1) is 19.3. The highest BCUT2D eigenvalue weighted by molar-refractivity contribution is 9.10. The molecule has 0 unspecified atom stereocenters. The molecule has 2 aromatic rings. The number of nitrogens with zero attached hydrogens (tertiary/aromatic N) is 2. The zero-order valence-corrected chi connectivity index (χ0v) is 15.5. The number of carbonyl (C=O) groups is 1. The zero-order valence-electron chi connectivity index (χ0n) is 12.4. The summed E-state index contributed by atoms with van der Waals surface area (Å²) >= 11 is 14.9. The van der Waals surface area contributed by atoms with Crippen molar-refractivity contribution in [2.45, 2.75) is 32.4 Å². The fourth-order valence-corrected chi connectivity index (χ4v) is 3.03. The van der Waals surface area contributed by atoms with Crippen LogP contribution in [0.3, 0.4) is 0 Å². The van der Waals surface area contributed by atoms with Crippen molar-refractivity contribution in [3.63, 3.8) is 0 Å². The number of carbonyl (C=O) groups excluding carboxylic acids is 1. The summed E-state index contributed by atoms with van der Waals surface area (Å²) < 4.78 is 45.1. The maximum Gasteiger partial charge on any atom is 0.450 e. The lowest BCUT2D eigenvalue weighted by Gasteiger charge is -2.11. The lowest BCUT2D eigenvalue weighted by molar-refractivity contribution is -0.146. The van der Waals surface area contributed by atoms with Gasteiger partial charge in [0.2, 0.25) is 5.82 Å². The van der Waals surface area contributed by atoms with Gasteiger partial charge in [0.05, 0.1) is 26.6 Å². The first-order valence-corrected chi connectivity index (χ1v) is 8.53. The van der Waals surface area contributed by atoms with E-state index >= 15 is 0 Å². The van der Waals surface area contributed by atoms with E-state index in [4.69, 9.17) is 27.9 Å². The summed E-state index contributed by atoms with van der Waals surface area (Å²) in [6.07, 6.45) is -3.75. The molecule has 24 heavy (non-hydrogen) atoms. The van der Waals surface area contributed by atoms with Crippen molar-refractivity contribution in [3.05, 3.63) is 26.4 Å². The van der Waals surface area contributed by atoms with Crippen LogP contribution in [0, 0.1) is 0 Å². The summed E-state index contributed by atoms with van der Waals surface area (Å²) in [6.45, 7) is 1.97. The van der Waals surface area contributed by atoms with Gasteiger partial charge in [0, 0.05) is 0 Å². The molecule has 0 fully saturated rings. The van der Waals surface area contributed by atoms with Gasteiger partial charge in [-0.1, -0.05) is 43.0 Å². The number of aromatic nitrogens is 2.